The molecule has 1 aromatic heterocycles. The molecule has 17 heavy (non-hydrogen) atoms. The predicted octanol–water partition coefficient (Wildman–Crippen LogP) is 2.10. The maximum atomic E-state index is 12.3. The first kappa shape index (κ1) is 12.9. The van der Waals surface area contributed by atoms with Crippen LogP contribution in [0.3, 0.4) is 0 Å². The molecular weight excluding hydrogens is 252 g/mol. The van der Waals surface area contributed by atoms with Gasteiger partial charge in [0, 0.05) is 28.5 Å². The maximum absolute atomic E-state index is 12.3. The highest BCUT2D eigenvalue weighted by atomic mass is 32.2. The smallest absolute Gasteiger partial charge is 0.244 e. The summed E-state index contributed by atoms with van der Waals surface area (Å²) in [5, 5.41) is 2.95. The number of hydrogen-bond donors (Lipinski definition) is 1. The lowest BCUT2D eigenvalue weighted by Gasteiger charge is -2.35. The molecule has 3 atom stereocenters. The van der Waals surface area contributed by atoms with Crippen molar-refractivity contribution in [3.05, 3.63) is 22.4 Å². The van der Waals surface area contributed by atoms with Crippen LogP contribution in [-0.2, 0) is 4.79 Å². The van der Waals surface area contributed by atoms with E-state index in [0.29, 0.717) is 10.5 Å². The Morgan fingerprint density at radius 1 is 1.47 bits per heavy atom. The topological polar surface area (TPSA) is 46.3 Å². The van der Waals surface area contributed by atoms with Crippen LogP contribution >= 0.6 is 23.1 Å². The lowest BCUT2D eigenvalue weighted by molar-refractivity contribution is -0.132. The third kappa shape index (κ3) is 3.03. The van der Waals surface area contributed by atoms with Crippen LogP contribution in [0.25, 0.3) is 0 Å². The van der Waals surface area contributed by atoms with Gasteiger partial charge in [-0.3, -0.25) is 4.79 Å². The molecular formula is C12H18N2OS2. The normalized spacial score (nSPS) is 26.9. The monoisotopic (exact) mass is 270 g/mol. The van der Waals surface area contributed by atoms with Gasteiger partial charge in [0.15, 0.2) is 0 Å². The summed E-state index contributed by atoms with van der Waals surface area (Å²) in [5.41, 5.74) is 6.02. The second kappa shape index (κ2) is 5.42. The van der Waals surface area contributed by atoms with Crippen molar-refractivity contribution in [3.63, 3.8) is 0 Å². The Labute approximate surface area is 110 Å². The van der Waals surface area contributed by atoms with Gasteiger partial charge in [-0.2, -0.15) is 11.8 Å². The SMILES string of the molecule is CC1CN(C(=O)C(N)c2cccs2)CC(C)S1. The van der Waals surface area contributed by atoms with E-state index < -0.39 is 6.04 Å². The Bertz CT molecular complexity index is 370. The molecule has 0 aliphatic carbocycles. The standard InChI is InChI=1S/C12H18N2OS2/c1-8-6-14(7-9(2)17-8)12(15)11(13)10-4-3-5-16-10/h3-5,8-9,11H,6-7,13H2,1-2H3. The third-order valence-electron chi connectivity index (χ3n) is 2.85. The fourth-order valence-electron chi connectivity index (χ4n) is 2.14. The van der Waals surface area contributed by atoms with E-state index in [0.717, 1.165) is 18.0 Å². The number of thioether (sulfide) groups is 1. The highest BCUT2D eigenvalue weighted by molar-refractivity contribution is 8.00. The van der Waals surface area contributed by atoms with Crippen LogP contribution in [0, 0.1) is 0 Å². The molecule has 0 bridgehead atoms. The number of carbonyl (C=O) groups is 1. The predicted molar refractivity (Wildman–Crippen MR) is 74.3 cm³/mol. The summed E-state index contributed by atoms with van der Waals surface area (Å²) < 4.78 is 0. The zero-order valence-corrected chi connectivity index (χ0v) is 11.8. The molecule has 0 radical (unpaired) electrons. The summed E-state index contributed by atoms with van der Waals surface area (Å²) in [6.07, 6.45) is 0. The highest BCUT2D eigenvalue weighted by Crippen LogP contribution is 2.27. The van der Waals surface area contributed by atoms with Gasteiger partial charge in [-0.05, 0) is 11.4 Å². The molecule has 1 aliphatic heterocycles. The summed E-state index contributed by atoms with van der Waals surface area (Å²) >= 11 is 3.49. The van der Waals surface area contributed by atoms with Crippen molar-refractivity contribution in [2.24, 2.45) is 5.73 Å². The molecule has 2 rings (SSSR count). The second-order valence-corrected chi connectivity index (χ2v) is 7.35. The molecule has 3 unspecified atom stereocenters. The van der Waals surface area contributed by atoms with Gasteiger partial charge in [-0.15, -0.1) is 11.3 Å². The van der Waals surface area contributed by atoms with Crippen molar-refractivity contribution in [2.75, 3.05) is 13.1 Å². The Hall–Kier alpha value is -0.520. The summed E-state index contributed by atoms with van der Waals surface area (Å²) in [5.74, 6) is 0.0615. The maximum Gasteiger partial charge on any atom is 0.244 e. The average Bonchev–Trinajstić information content (AvgIpc) is 2.79. The molecule has 1 fully saturated rings. The van der Waals surface area contributed by atoms with Gasteiger partial charge in [0.2, 0.25) is 5.91 Å². The molecule has 1 amide bonds. The molecule has 3 nitrogen and oxygen atoms in total. The van der Waals surface area contributed by atoms with Crippen LogP contribution in [0.5, 0.6) is 0 Å². The molecule has 0 aromatic carbocycles. The average molecular weight is 270 g/mol. The fourth-order valence-corrected chi connectivity index (χ4v) is 4.19. The molecule has 94 valence electrons. The third-order valence-corrected chi connectivity index (χ3v) is 5.03. The van der Waals surface area contributed by atoms with E-state index in [1.165, 1.54) is 0 Å². The largest absolute Gasteiger partial charge is 0.339 e. The number of nitrogens with two attached hydrogens (primary N) is 1. The van der Waals surface area contributed by atoms with Gasteiger partial charge in [-0.1, -0.05) is 19.9 Å². The molecule has 2 N–H and O–H groups in total. The van der Waals surface area contributed by atoms with E-state index in [9.17, 15) is 4.79 Å². The lowest BCUT2D eigenvalue weighted by Crippen LogP contribution is -2.47. The molecule has 1 aliphatic rings. The molecule has 1 saturated heterocycles. The van der Waals surface area contributed by atoms with Crippen molar-refractivity contribution in [1.82, 2.24) is 4.90 Å². The summed E-state index contributed by atoms with van der Waals surface area (Å²) in [4.78, 5) is 15.2. The van der Waals surface area contributed by atoms with Gasteiger partial charge in [0.25, 0.3) is 0 Å². The number of carbonyl (C=O) groups excluding carboxylic acids is 1. The van der Waals surface area contributed by atoms with E-state index in [4.69, 9.17) is 5.73 Å². The van der Waals surface area contributed by atoms with E-state index in [-0.39, 0.29) is 5.91 Å². The van der Waals surface area contributed by atoms with E-state index >= 15 is 0 Å². The number of nitrogens with zero attached hydrogens (tertiary/aromatic N) is 1. The zero-order valence-electron chi connectivity index (χ0n) is 10.1. The number of thiophene rings is 1. The first-order chi connectivity index (χ1) is 8.08. The van der Waals surface area contributed by atoms with Crippen LogP contribution in [-0.4, -0.2) is 34.4 Å². The van der Waals surface area contributed by atoms with Crippen molar-refractivity contribution in [2.45, 2.75) is 30.4 Å². The van der Waals surface area contributed by atoms with Crippen LogP contribution in [0.4, 0.5) is 0 Å². The molecule has 0 spiro atoms. The molecule has 1 aromatic rings. The van der Waals surface area contributed by atoms with Gasteiger partial charge >= 0.3 is 0 Å². The number of hydrogen-bond acceptors (Lipinski definition) is 4. The Morgan fingerprint density at radius 2 is 2.12 bits per heavy atom. The lowest BCUT2D eigenvalue weighted by atomic mass is 10.2. The quantitative estimate of drug-likeness (QED) is 0.895. The van der Waals surface area contributed by atoms with E-state index in [2.05, 4.69) is 13.8 Å². The molecule has 0 saturated carbocycles. The van der Waals surface area contributed by atoms with Crippen LogP contribution < -0.4 is 5.73 Å². The van der Waals surface area contributed by atoms with E-state index in [1.54, 1.807) is 11.3 Å². The van der Waals surface area contributed by atoms with Crippen LogP contribution in [0.2, 0.25) is 0 Å². The van der Waals surface area contributed by atoms with Crippen molar-refractivity contribution >= 4 is 29.0 Å². The van der Waals surface area contributed by atoms with Gasteiger partial charge in [0.05, 0.1) is 0 Å². The van der Waals surface area contributed by atoms with Crippen molar-refractivity contribution < 1.29 is 4.79 Å². The van der Waals surface area contributed by atoms with E-state index in [1.807, 2.05) is 34.2 Å². The first-order valence-electron chi connectivity index (χ1n) is 5.81. The fraction of sp³-hybridized carbons (Fsp3) is 0.583. The minimum Gasteiger partial charge on any atom is -0.339 e. The Morgan fingerprint density at radius 3 is 2.65 bits per heavy atom. The Kier molecular flexibility index (Phi) is 4.12. The molecule has 5 heteroatoms. The van der Waals surface area contributed by atoms with Crippen molar-refractivity contribution in [1.29, 1.82) is 0 Å². The van der Waals surface area contributed by atoms with Crippen LogP contribution in [0.1, 0.15) is 24.8 Å². The summed E-state index contributed by atoms with van der Waals surface area (Å²) in [7, 11) is 0. The number of rotatable bonds is 2. The first-order valence-corrected chi connectivity index (χ1v) is 7.63. The van der Waals surface area contributed by atoms with Gasteiger partial charge in [0.1, 0.15) is 6.04 Å². The van der Waals surface area contributed by atoms with Crippen molar-refractivity contribution in [3.8, 4) is 0 Å². The van der Waals surface area contributed by atoms with Gasteiger partial charge < -0.3 is 10.6 Å². The van der Waals surface area contributed by atoms with Crippen LogP contribution in [0.15, 0.2) is 17.5 Å². The summed E-state index contributed by atoms with van der Waals surface area (Å²) in [6, 6.07) is 3.38. The minimum atomic E-state index is -0.488. The van der Waals surface area contributed by atoms with Gasteiger partial charge in [-0.25, -0.2) is 0 Å². The Balaban J connectivity index is 2.04. The zero-order chi connectivity index (χ0) is 12.4. The molecule has 2 heterocycles. The number of amides is 1. The minimum absolute atomic E-state index is 0.0615. The summed E-state index contributed by atoms with van der Waals surface area (Å²) in [6.45, 7) is 5.95. The second-order valence-electron chi connectivity index (χ2n) is 4.49. The highest BCUT2D eigenvalue weighted by Gasteiger charge is 2.29.